The zero-order valence-corrected chi connectivity index (χ0v) is 15.2. The van der Waals surface area contributed by atoms with Gasteiger partial charge in [0.2, 0.25) is 5.91 Å². The van der Waals surface area contributed by atoms with E-state index in [0.717, 1.165) is 56.9 Å². The zero-order valence-electron chi connectivity index (χ0n) is 15.2. The average Bonchev–Trinajstić information content (AvgIpc) is 2.87. The van der Waals surface area contributed by atoms with Crippen molar-refractivity contribution in [1.29, 1.82) is 0 Å². The van der Waals surface area contributed by atoms with Crippen LogP contribution < -0.4 is 5.32 Å². The van der Waals surface area contributed by atoms with Gasteiger partial charge >= 0.3 is 0 Å². The van der Waals surface area contributed by atoms with Crippen LogP contribution in [0.15, 0.2) is 24.5 Å². The standard InChI is InChI=1S/C19H27N5O/c1-15-3-4-17-21-16(13-24(17)11-15)12-23-10-9-22(2)19(14-23)6-5-18(25)20-8-7-19/h3-4,11,13H,5-10,12,14H2,1-2H3,(H,20,25). The van der Waals surface area contributed by atoms with Gasteiger partial charge in [0.1, 0.15) is 5.65 Å². The molecule has 2 aliphatic rings. The molecular formula is C19H27N5O. The van der Waals surface area contributed by atoms with Crippen molar-refractivity contribution in [1.82, 2.24) is 24.5 Å². The fraction of sp³-hybridized carbons (Fsp3) is 0.579. The summed E-state index contributed by atoms with van der Waals surface area (Å²) in [6, 6.07) is 4.18. The second-order valence-electron chi connectivity index (χ2n) is 7.66. The highest BCUT2D eigenvalue weighted by molar-refractivity contribution is 5.76. The third-order valence-corrected chi connectivity index (χ3v) is 5.84. The fourth-order valence-electron chi connectivity index (χ4n) is 4.27. The second kappa shape index (κ2) is 6.42. The van der Waals surface area contributed by atoms with Crippen LogP contribution in [0.3, 0.4) is 0 Å². The largest absolute Gasteiger partial charge is 0.356 e. The third-order valence-electron chi connectivity index (χ3n) is 5.84. The molecule has 1 N–H and O–H groups in total. The Morgan fingerprint density at radius 1 is 1.24 bits per heavy atom. The van der Waals surface area contributed by atoms with Crippen LogP contribution >= 0.6 is 0 Å². The van der Waals surface area contributed by atoms with E-state index in [4.69, 9.17) is 4.98 Å². The van der Waals surface area contributed by atoms with Gasteiger partial charge in [-0.2, -0.15) is 0 Å². The lowest BCUT2D eigenvalue weighted by Gasteiger charge is -2.49. The molecule has 2 saturated heterocycles. The molecule has 1 spiro atoms. The average molecular weight is 341 g/mol. The van der Waals surface area contributed by atoms with Crippen molar-refractivity contribution in [2.45, 2.75) is 38.3 Å². The Balaban J connectivity index is 1.51. The number of aryl methyl sites for hydroxylation is 1. The van der Waals surface area contributed by atoms with Gasteiger partial charge in [-0.15, -0.1) is 0 Å². The summed E-state index contributed by atoms with van der Waals surface area (Å²) in [7, 11) is 2.21. The number of imidazole rings is 1. The van der Waals surface area contributed by atoms with Crippen LogP contribution in [-0.2, 0) is 11.3 Å². The summed E-state index contributed by atoms with van der Waals surface area (Å²) in [4.78, 5) is 21.5. The number of hydrogen-bond donors (Lipinski definition) is 1. The first-order valence-electron chi connectivity index (χ1n) is 9.19. The SMILES string of the molecule is Cc1ccc2nc(CN3CCN(C)C4(CCNC(=O)CC4)C3)cn2c1. The third kappa shape index (κ3) is 3.28. The highest BCUT2D eigenvalue weighted by Crippen LogP contribution is 2.31. The molecule has 0 aliphatic carbocycles. The normalized spacial score (nSPS) is 26.1. The van der Waals surface area contributed by atoms with E-state index in [1.54, 1.807) is 0 Å². The summed E-state index contributed by atoms with van der Waals surface area (Å²) < 4.78 is 2.12. The molecule has 0 aromatic carbocycles. The Morgan fingerprint density at radius 2 is 2.12 bits per heavy atom. The van der Waals surface area contributed by atoms with Gasteiger partial charge in [0.15, 0.2) is 0 Å². The summed E-state index contributed by atoms with van der Waals surface area (Å²) >= 11 is 0. The summed E-state index contributed by atoms with van der Waals surface area (Å²) in [6.07, 6.45) is 6.86. The lowest BCUT2D eigenvalue weighted by atomic mass is 9.86. The van der Waals surface area contributed by atoms with Gasteiger partial charge in [0, 0.05) is 57.1 Å². The lowest BCUT2D eigenvalue weighted by molar-refractivity contribution is -0.121. The topological polar surface area (TPSA) is 52.9 Å². The van der Waals surface area contributed by atoms with E-state index in [1.807, 2.05) is 0 Å². The summed E-state index contributed by atoms with van der Waals surface area (Å²) in [5, 5.41) is 3.02. The Kier molecular flexibility index (Phi) is 4.25. The van der Waals surface area contributed by atoms with Crippen molar-refractivity contribution in [2.24, 2.45) is 0 Å². The first-order valence-corrected chi connectivity index (χ1v) is 9.19. The van der Waals surface area contributed by atoms with Crippen LogP contribution in [0, 0.1) is 6.92 Å². The Bertz CT molecular complexity index is 785. The highest BCUT2D eigenvalue weighted by Gasteiger charge is 2.40. The molecule has 2 fully saturated rings. The number of carbonyl (C=O) groups is 1. The van der Waals surface area contributed by atoms with Crippen LogP contribution in [0.5, 0.6) is 0 Å². The van der Waals surface area contributed by atoms with E-state index in [-0.39, 0.29) is 11.4 Å². The number of fused-ring (bicyclic) bond motifs is 1. The highest BCUT2D eigenvalue weighted by atomic mass is 16.1. The molecule has 0 radical (unpaired) electrons. The smallest absolute Gasteiger partial charge is 0.220 e. The van der Waals surface area contributed by atoms with Gasteiger partial charge in [-0.1, -0.05) is 6.07 Å². The van der Waals surface area contributed by atoms with Gasteiger partial charge in [-0.25, -0.2) is 4.98 Å². The number of piperazine rings is 1. The molecule has 0 saturated carbocycles. The molecule has 4 rings (SSSR count). The summed E-state index contributed by atoms with van der Waals surface area (Å²) in [5.74, 6) is 0.193. The first kappa shape index (κ1) is 16.5. The van der Waals surface area contributed by atoms with Crippen LogP contribution in [0.1, 0.15) is 30.5 Å². The van der Waals surface area contributed by atoms with E-state index < -0.39 is 0 Å². The molecule has 2 aliphatic heterocycles. The number of likely N-dealkylation sites (N-methyl/N-ethyl adjacent to an activating group) is 1. The molecule has 2 aromatic rings. The zero-order chi connectivity index (χ0) is 17.4. The number of rotatable bonds is 2. The van der Waals surface area contributed by atoms with Gasteiger partial charge in [-0.05, 0) is 38.4 Å². The molecule has 2 aromatic heterocycles. The molecule has 6 heteroatoms. The second-order valence-corrected chi connectivity index (χ2v) is 7.66. The van der Waals surface area contributed by atoms with E-state index in [1.165, 1.54) is 5.56 Å². The summed E-state index contributed by atoms with van der Waals surface area (Å²) in [5.41, 5.74) is 3.47. The van der Waals surface area contributed by atoms with Gasteiger partial charge in [0.05, 0.1) is 5.69 Å². The molecule has 1 amide bonds. The molecular weight excluding hydrogens is 314 g/mol. The molecule has 0 bridgehead atoms. The van der Waals surface area contributed by atoms with Crippen molar-refractivity contribution in [3.8, 4) is 0 Å². The van der Waals surface area contributed by atoms with Crippen molar-refractivity contribution >= 4 is 11.6 Å². The number of amides is 1. The van der Waals surface area contributed by atoms with Gasteiger partial charge < -0.3 is 9.72 Å². The van der Waals surface area contributed by atoms with Crippen LogP contribution in [-0.4, -0.2) is 63.9 Å². The molecule has 1 atom stereocenters. The van der Waals surface area contributed by atoms with Crippen molar-refractivity contribution < 1.29 is 4.79 Å². The maximum Gasteiger partial charge on any atom is 0.220 e. The number of hydrogen-bond acceptors (Lipinski definition) is 4. The Labute approximate surface area is 148 Å². The maximum absolute atomic E-state index is 11.8. The molecule has 1 unspecified atom stereocenters. The molecule has 4 heterocycles. The summed E-state index contributed by atoms with van der Waals surface area (Å²) in [6.45, 7) is 6.85. The number of carbonyl (C=O) groups excluding carboxylic acids is 1. The first-order chi connectivity index (χ1) is 12.0. The minimum absolute atomic E-state index is 0.104. The van der Waals surface area contributed by atoms with Gasteiger partial charge in [-0.3, -0.25) is 14.6 Å². The number of aromatic nitrogens is 2. The predicted octanol–water partition coefficient (Wildman–Crippen LogP) is 1.43. The quantitative estimate of drug-likeness (QED) is 0.898. The van der Waals surface area contributed by atoms with Crippen molar-refractivity contribution in [3.63, 3.8) is 0 Å². The Hall–Kier alpha value is -1.92. The number of nitrogens with one attached hydrogen (secondary N) is 1. The van der Waals surface area contributed by atoms with E-state index in [0.29, 0.717) is 6.42 Å². The number of nitrogens with zero attached hydrogens (tertiary/aromatic N) is 4. The van der Waals surface area contributed by atoms with Crippen LogP contribution in [0.4, 0.5) is 0 Å². The molecule has 25 heavy (non-hydrogen) atoms. The fourth-order valence-corrected chi connectivity index (χ4v) is 4.27. The minimum Gasteiger partial charge on any atom is -0.356 e. The lowest BCUT2D eigenvalue weighted by Crippen LogP contribution is -2.60. The Morgan fingerprint density at radius 3 is 3.00 bits per heavy atom. The monoisotopic (exact) mass is 341 g/mol. The van der Waals surface area contributed by atoms with E-state index in [9.17, 15) is 4.79 Å². The van der Waals surface area contributed by atoms with Crippen LogP contribution in [0.25, 0.3) is 5.65 Å². The van der Waals surface area contributed by atoms with E-state index in [2.05, 4.69) is 58.0 Å². The maximum atomic E-state index is 11.8. The van der Waals surface area contributed by atoms with Gasteiger partial charge in [0.25, 0.3) is 0 Å². The van der Waals surface area contributed by atoms with E-state index >= 15 is 0 Å². The van der Waals surface area contributed by atoms with Crippen molar-refractivity contribution in [2.75, 3.05) is 33.2 Å². The van der Waals surface area contributed by atoms with Crippen molar-refractivity contribution in [3.05, 3.63) is 35.8 Å². The minimum atomic E-state index is 0.104. The predicted molar refractivity (Wildman–Crippen MR) is 97.4 cm³/mol. The van der Waals surface area contributed by atoms with Crippen LogP contribution in [0.2, 0.25) is 0 Å². The molecule has 134 valence electrons. The number of pyridine rings is 1. The molecule has 6 nitrogen and oxygen atoms in total.